The Kier molecular flexibility index (Phi) is 5.25. The molecule has 1 fully saturated rings. The van der Waals surface area contributed by atoms with E-state index in [0.29, 0.717) is 13.1 Å². The number of carbonyl (C=O) groups excluding carboxylic acids is 1. The summed E-state index contributed by atoms with van der Waals surface area (Å²) in [6.07, 6.45) is 9.94. The van der Waals surface area contributed by atoms with Gasteiger partial charge in [0.2, 0.25) is 5.91 Å². The van der Waals surface area contributed by atoms with E-state index in [4.69, 9.17) is 0 Å². The van der Waals surface area contributed by atoms with Crippen molar-refractivity contribution in [2.45, 2.75) is 32.6 Å². The Morgan fingerprint density at radius 2 is 1.93 bits per heavy atom. The Bertz CT molecular complexity index is 1110. The molecule has 0 spiro atoms. The van der Waals surface area contributed by atoms with Crippen LogP contribution in [0.25, 0.3) is 16.3 Å². The molecular weight excluding hydrogens is 392 g/mol. The Morgan fingerprint density at radius 1 is 1.10 bits per heavy atom. The highest BCUT2D eigenvalue weighted by atomic mass is 32.1. The molecule has 154 valence electrons. The fraction of sp³-hybridized carbons (Fsp3) is 0.375. The number of rotatable bonds is 4. The number of aromatic nitrogens is 2. The highest BCUT2D eigenvalue weighted by molar-refractivity contribution is 7.18. The molecule has 1 aromatic carbocycles. The van der Waals surface area contributed by atoms with Crippen LogP contribution in [0.4, 0.5) is 5.82 Å². The number of amides is 1. The number of carbonyl (C=O) groups is 1. The summed E-state index contributed by atoms with van der Waals surface area (Å²) in [7, 11) is 0. The third kappa shape index (κ3) is 3.72. The van der Waals surface area contributed by atoms with Crippen LogP contribution < -0.4 is 4.90 Å². The van der Waals surface area contributed by atoms with Gasteiger partial charge in [-0.1, -0.05) is 25.1 Å². The first-order valence-electron chi connectivity index (χ1n) is 10.8. The number of thiophene rings is 1. The van der Waals surface area contributed by atoms with Gasteiger partial charge in [0, 0.05) is 37.1 Å². The summed E-state index contributed by atoms with van der Waals surface area (Å²) >= 11 is 1.74. The van der Waals surface area contributed by atoms with Gasteiger partial charge in [-0.05, 0) is 54.5 Å². The van der Waals surface area contributed by atoms with Crippen LogP contribution in [-0.4, -0.2) is 47.0 Å². The molecular formula is C24H26N4OS. The van der Waals surface area contributed by atoms with E-state index < -0.39 is 0 Å². The highest BCUT2D eigenvalue weighted by Crippen LogP contribution is 2.31. The minimum Gasteiger partial charge on any atom is -0.352 e. The molecule has 30 heavy (non-hydrogen) atoms. The molecule has 0 bridgehead atoms. The van der Waals surface area contributed by atoms with Gasteiger partial charge in [0.1, 0.15) is 17.0 Å². The lowest BCUT2D eigenvalue weighted by Crippen LogP contribution is -2.48. The van der Waals surface area contributed by atoms with Crippen molar-refractivity contribution in [3.8, 4) is 0 Å². The summed E-state index contributed by atoms with van der Waals surface area (Å²) in [4.78, 5) is 28.3. The number of aryl methyl sites for hydroxylation is 3. The van der Waals surface area contributed by atoms with Crippen molar-refractivity contribution in [1.82, 2.24) is 14.9 Å². The number of hydrogen-bond donors (Lipinski definition) is 0. The van der Waals surface area contributed by atoms with Crippen molar-refractivity contribution >= 4 is 39.4 Å². The minimum atomic E-state index is 0.0896. The summed E-state index contributed by atoms with van der Waals surface area (Å²) in [6, 6.07) is 8.78. The van der Waals surface area contributed by atoms with Crippen LogP contribution in [0.3, 0.4) is 0 Å². The Labute approximate surface area is 181 Å². The van der Waals surface area contributed by atoms with Crippen LogP contribution >= 0.6 is 11.3 Å². The molecule has 0 radical (unpaired) electrons. The van der Waals surface area contributed by atoms with Crippen LogP contribution in [-0.2, 0) is 24.1 Å². The van der Waals surface area contributed by atoms with E-state index in [2.05, 4.69) is 46.1 Å². The minimum absolute atomic E-state index is 0.0896. The third-order valence-corrected chi connectivity index (χ3v) is 7.33. The number of nitrogens with zero attached hydrogens (tertiary/aromatic N) is 4. The van der Waals surface area contributed by atoms with Crippen molar-refractivity contribution in [3.63, 3.8) is 0 Å². The summed E-state index contributed by atoms with van der Waals surface area (Å²) in [5, 5.41) is 1.13. The maximum absolute atomic E-state index is 12.7. The van der Waals surface area contributed by atoms with E-state index in [-0.39, 0.29) is 5.91 Å². The first-order chi connectivity index (χ1) is 14.7. The van der Waals surface area contributed by atoms with E-state index >= 15 is 0 Å². The van der Waals surface area contributed by atoms with Crippen LogP contribution in [0, 0.1) is 0 Å². The molecule has 5 nitrogen and oxygen atoms in total. The van der Waals surface area contributed by atoms with Crippen LogP contribution in [0.2, 0.25) is 0 Å². The van der Waals surface area contributed by atoms with Gasteiger partial charge >= 0.3 is 0 Å². The van der Waals surface area contributed by atoms with Gasteiger partial charge in [-0.25, -0.2) is 9.97 Å². The number of benzene rings is 1. The molecule has 0 N–H and O–H groups in total. The fourth-order valence-electron chi connectivity index (χ4n) is 4.43. The fourth-order valence-corrected chi connectivity index (χ4v) is 5.36. The number of piperazine rings is 1. The third-order valence-electron chi connectivity index (χ3n) is 6.14. The van der Waals surface area contributed by atoms with Gasteiger partial charge in [-0.15, -0.1) is 11.3 Å². The second-order valence-corrected chi connectivity index (χ2v) is 9.12. The van der Waals surface area contributed by atoms with Gasteiger partial charge in [0.05, 0.1) is 5.39 Å². The standard InChI is InChI=1S/C24H26N4OS/c1-2-20-15-21-23(25-16-26-24(21)30-20)28-12-10-27(11-13-28)22(29)9-7-17-6-8-18-4-3-5-19(18)14-17/h6-9,14-16H,2-5,10-13H2,1H3. The summed E-state index contributed by atoms with van der Waals surface area (Å²) < 4.78 is 0. The van der Waals surface area contributed by atoms with Crippen molar-refractivity contribution in [1.29, 1.82) is 0 Å². The highest BCUT2D eigenvalue weighted by Gasteiger charge is 2.22. The molecule has 0 unspecified atom stereocenters. The van der Waals surface area contributed by atoms with E-state index in [1.807, 2.05) is 11.0 Å². The second kappa shape index (κ2) is 8.19. The molecule has 1 aliphatic carbocycles. The Balaban J connectivity index is 1.24. The SMILES string of the molecule is CCc1cc2c(N3CCN(C(=O)C=Cc4ccc5c(c4)CCC5)CC3)ncnc2s1. The van der Waals surface area contributed by atoms with E-state index in [1.165, 1.54) is 28.8 Å². The molecule has 3 aromatic rings. The van der Waals surface area contributed by atoms with Gasteiger partial charge in [-0.2, -0.15) is 0 Å². The normalized spacial score (nSPS) is 16.6. The van der Waals surface area contributed by atoms with Crippen molar-refractivity contribution in [3.05, 3.63) is 58.2 Å². The lowest BCUT2D eigenvalue weighted by atomic mass is 10.1. The topological polar surface area (TPSA) is 49.3 Å². The monoisotopic (exact) mass is 418 g/mol. The van der Waals surface area contributed by atoms with Crippen molar-refractivity contribution in [2.24, 2.45) is 0 Å². The molecule has 3 heterocycles. The van der Waals surface area contributed by atoms with E-state index in [9.17, 15) is 4.79 Å². The van der Waals surface area contributed by atoms with E-state index in [0.717, 1.165) is 47.5 Å². The number of fused-ring (bicyclic) bond motifs is 2. The molecule has 2 aromatic heterocycles. The number of anilines is 1. The summed E-state index contributed by atoms with van der Waals surface area (Å²) in [5.41, 5.74) is 4.02. The summed E-state index contributed by atoms with van der Waals surface area (Å²) in [5.74, 6) is 1.09. The molecule has 0 saturated carbocycles. The lowest BCUT2D eigenvalue weighted by molar-refractivity contribution is -0.126. The van der Waals surface area contributed by atoms with Gasteiger partial charge in [0.25, 0.3) is 0 Å². The van der Waals surface area contributed by atoms with Gasteiger partial charge in [-0.3, -0.25) is 4.79 Å². The second-order valence-electron chi connectivity index (χ2n) is 8.01. The smallest absolute Gasteiger partial charge is 0.246 e. The zero-order valence-corrected chi connectivity index (χ0v) is 18.1. The predicted molar refractivity (Wildman–Crippen MR) is 123 cm³/mol. The lowest BCUT2D eigenvalue weighted by Gasteiger charge is -2.35. The zero-order chi connectivity index (χ0) is 20.5. The maximum atomic E-state index is 12.7. The largest absolute Gasteiger partial charge is 0.352 e. The molecule has 0 atom stereocenters. The number of hydrogen-bond acceptors (Lipinski definition) is 5. The molecule has 1 amide bonds. The van der Waals surface area contributed by atoms with Crippen LogP contribution in [0.5, 0.6) is 0 Å². The molecule has 1 saturated heterocycles. The molecule has 5 rings (SSSR count). The average molecular weight is 419 g/mol. The summed E-state index contributed by atoms with van der Waals surface area (Å²) in [6.45, 7) is 5.18. The van der Waals surface area contributed by atoms with E-state index in [1.54, 1.807) is 23.7 Å². The Hall–Kier alpha value is -2.73. The Morgan fingerprint density at radius 3 is 2.77 bits per heavy atom. The van der Waals surface area contributed by atoms with Crippen molar-refractivity contribution in [2.75, 3.05) is 31.1 Å². The van der Waals surface area contributed by atoms with Gasteiger partial charge < -0.3 is 9.80 Å². The predicted octanol–water partition coefficient (Wildman–Crippen LogP) is 4.10. The zero-order valence-electron chi connectivity index (χ0n) is 17.3. The first-order valence-corrected chi connectivity index (χ1v) is 11.6. The van der Waals surface area contributed by atoms with Crippen LogP contribution in [0.1, 0.15) is 34.9 Å². The molecule has 2 aliphatic rings. The molecule has 6 heteroatoms. The quantitative estimate of drug-likeness (QED) is 0.599. The first kappa shape index (κ1) is 19.2. The molecule has 1 aliphatic heterocycles. The maximum Gasteiger partial charge on any atom is 0.246 e. The van der Waals surface area contributed by atoms with Crippen LogP contribution in [0.15, 0.2) is 36.7 Å². The van der Waals surface area contributed by atoms with Gasteiger partial charge in [0.15, 0.2) is 0 Å². The van der Waals surface area contributed by atoms with Crippen molar-refractivity contribution < 1.29 is 4.79 Å². The average Bonchev–Trinajstić information content (AvgIpc) is 3.43.